The van der Waals surface area contributed by atoms with Gasteiger partial charge in [0.2, 0.25) is 5.91 Å². The molecule has 1 aliphatic carbocycles. The lowest BCUT2D eigenvalue weighted by Crippen LogP contribution is -2.29. The Labute approximate surface area is 133 Å². The quantitative estimate of drug-likeness (QED) is 0.535. The first kappa shape index (κ1) is 18.3. The fraction of sp³-hybridized carbons (Fsp3) is 0.765. The summed E-state index contributed by atoms with van der Waals surface area (Å²) in [6.45, 7) is 0.610. The molecule has 0 aromatic rings. The number of unbranched alkanes of at least 4 members (excludes halogenated alkanes) is 3. The van der Waals surface area contributed by atoms with Crippen LogP contribution >= 0.6 is 0 Å². The molecule has 0 saturated carbocycles. The van der Waals surface area contributed by atoms with Gasteiger partial charge in [-0.15, -0.1) is 0 Å². The van der Waals surface area contributed by atoms with Crippen LogP contribution in [0.3, 0.4) is 0 Å². The maximum Gasteiger partial charge on any atom is 0.408 e. The SMILES string of the molecule is CNC(=O)CCCCCCNC(=O)OC1C#CCCCCC1. The van der Waals surface area contributed by atoms with Gasteiger partial charge in [-0.2, -0.15) is 0 Å². The molecule has 0 fully saturated rings. The van der Waals surface area contributed by atoms with Gasteiger partial charge in [-0.3, -0.25) is 4.79 Å². The van der Waals surface area contributed by atoms with Crippen molar-refractivity contribution in [2.45, 2.75) is 70.3 Å². The first-order chi connectivity index (χ1) is 10.7. The van der Waals surface area contributed by atoms with Crippen LogP contribution in [0.25, 0.3) is 0 Å². The van der Waals surface area contributed by atoms with Crippen LogP contribution in [0.4, 0.5) is 4.79 Å². The maximum atomic E-state index is 11.7. The van der Waals surface area contributed by atoms with Crippen molar-refractivity contribution in [3.8, 4) is 11.8 Å². The van der Waals surface area contributed by atoms with Crippen LogP contribution in [0.5, 0.6) is 0 Å². The molecule has 124 valence electrons. The van der Waals surface area contributed by atoms with E-state index in [9.17, 15) is 9.59 Å². The van der Waals surface area contributed by atoms with Crippen LogP contribution in [-0.2, 0) is 9.53 Å². The zero-order valence-electron chi connectivity index (χ0n) is 13.6. The topological polar surface area (TPSA) is 67.4 Å². The van der Waals surface area contributed by atoms with Crippen molar-refractivity contribution in [1.82, 2.24) is 10.6 Å². The van der Waals surface area contributed by atoms with Crippen molar-refractivity contribution in [2.75, 3.05) is 13.6 Å². The highest BCUT2D eigenvalue weighted by atomic mass is 16.6. The summed E-state index contributed by atoms with van der Waals surface area (Å²) < 4.78 is 5.32. The molecular weight excluding hydrogens is 280 g/mol. The van der Waals surface area contributed by atoms with Crippen LogP contribution in [0, 0.1) is 11.8 Å². The Morgan fingerprint density at radius 1 is 1.14 bits per heavy atom. The smallest absolute Gasteiger partial charge is 0.408 e. The zero-order valence-corrected chi connectivity index (χ0v) is 13.6. The Morgan fingerprint density at radius 3 is 2.77 bits per heavy atom. The van der Waals surface area contributed by atoms with E-state index in [1.54, 1.807) is 7.05 Å². The van der Waals surface area contributed by atoms with E-state index in [4.69, 9.17) is 4.74 Å². The molecule has 22 heavy (non-hydrogen) atoms. The third-order valence-corrected chi connectivity index (χ3v) is 3.66. The predicted octanol–water partition coefficient (Wildman–Crippen LogP) is 2.75. The summed E-state index contributed by atoms with van der Waals surface area (Å²) in [5.74, 6) is 6.16. The predicted molar refractivity (Wildman–Crippen MR) is 86.3 cm³/mol. The number of rotatable bonds is 8. The maximum absolute atomic E-state index is 11.7. The van der Waals surface area contributed by atoms with Crippen molar-refractivity contribution >= 4 is 12.0 Å². The van der Waals surface area contributed by atoms with Crippen molar-refractivity contribution < 1.29 is 14.3 Å². The highest BCUT2D eigenvalue weighted by Crippen LogP contribution is 2.11. The van der Waals surface area contributed by atoms with E-state index in [1.165, 1.54) is 0 Å². The molecule has 0 aliphatic heterocycles. The van der Waals surface area contributed by atoms with Gasteiger partial charge in [0.15, 0.2) is 6.10 Å². The Bertz CT molecular complexity index is 398. The third-order valence-electron chi connectivity index (χ3n) is 3.66. The summed E-state index contributed by atoms with van der Waals surface area (Å²) in [4.78, 5) is 22.7. The van der Waals surface area contributed by atoms with Crippen LogP contribution in [-0.4, -0.2) is 31.7 Å². The molecule has 5 heteroatoms. The second-order valence-electron chi connectivity index (χ2n) is 5.58. The molecule has 1 unspecified atom stereocenters. The van der Waals surface area contributed by atoms with E-state index in [0.29, 0.717) is 13.0 Å². The first-order valence-electron chi connectivity index (χ1n) is 8.36. The minimum absolute atomic E-state index is 0.0852. The average Bonchev–Trinajstić information content (AvgIpc) is 2.48. The fourth-order valence-corrected chi connectivity index (χ4v) is 2.32. The summed E-state index contributed by atoms with van der Waals surface area (Å²) in [7, 11) is 1.65. The molecule has 5 nitrogen and oxygen atoms in total. The minimum atomic E-state index is -0.370. The molecule has 1 aliphatic rings. The van der Waals surface area contributed by atoms with E-state index >= 15 is 0 Å². The molecule has 0 aromatic heterocycles. The second-order valence-corrected chi connectivity index (χ2v) is 5.58. The van der Waals surface area contributed by atoms with Crippen LogP contribution in [0.2, 0.25) is 0 Å². The lowest BCUT2D eigenvalue weighted by Gasteiger charge is -2.14. The van der Waals surface area contributed by atoms with E-state index < -0.39 is 0 Å². The standard InChI is InChI=1S/C17H28N2O3/c1-18-16(20)13-9-5-6-10-14-19-17(21)22-15-11-7-3-2-4-8-12-15/h15H,2-7,9-11,13-14H2,1H3,(H,18,20)(H,19,21). The Hall–Kier alpha value is -1.70. The molecule has 0 radical (unpaired) electrons. The minimum Gasteiger partial charge on any atom is -0.433 e. The Kier molecular flexibility index (Phi) is 9.93. The van der Waals surface area contributed by atoms with Gasteiger partial charge < -0.3 is 15.4 Å². The molecule has 2 amide bonds. The molecule has 0 spiro atoms. The third kappa shape index (κ3) is 9.28. The molecule has 1 atom stereocenters. The number of hydrogen-bond donors (Lipinski definition) is 2. The number of alkyl carbamates (subject to hydrolysis) is 1. The van der Waals surface area contributed by atoms with Crippen LogP contribution in [0.1, 0.15) is 64.2 Å². The van der Waals surface area contributed by atoms with Gasteiger partial charge in [0.1, 0.15) is 0 Å². The van der Waals surface area contributed by atoms with E-state index in [1.807, 2.05) is 0 Å². The summed E-state index contributed by atoms with van der Waals surface area (Å²) in [5, 5.41) is 5.37. The van der Waals surface area contributed by atoms with Crippen LogP contribution < -0.4 is 10.6 Å². The molecule has 1 rings (SSSR count). The van der Waals surface area contributed by atoms with Crippen LogP contribution in [0.15, 0.2) is 0 Å². The van der Waals surface area contributed by atoms with Gasteiger partial charge in [0, 0.05) is 26.4 Å². The van der Waals surface area contributed by atoms with Crippen molar-refractivity contribution in [3.05, 3.63) is 0 Å². The van der Waals surface area contributed by atoms with E-state index in [-0.39, 0.29) is 18.1 Å². The first-order valence-corrected chi connectivity index (χ1v) is 8.36. The van der Waals surface area contributed by atoms with Crippen molar-refractivity contribution in [2.24, 2.45) is 0 Å². The highest BCUT2D eigenvalue weighted by Gasteiger charge is 2.12. The molecule has 0 heterocycles. The van der Waals surface area contributed by atoms with Crippen molar-refractivity contribution in [1.29, 1.82) is 0 Å². The molecule has 0 aromatic carbocycles. The normalized spacial score (nSPS) is 17.4. The molecular formula is C17H28N2O3. The number of amides is 2. The van der Waals surface area contributed by atoms with Gasteiger partial charge in [0.25, 0.3) is 0 Å². The van der Waals surface area contributed by atoms with E-state index in [2.05, 4.69) is 22.5 Å². The van der Waals surface area contributed by atoms with Gasteiger partial charge in [-0.25, -0.2) is 4.79 Å². The van der Waals surface area contributed by atoms with Gasteiger partial charge >= 0.3 is 6.09 Å². The summed E-state index contributed by atoms with van der Waals surface area (Å²) >= 11 is 0. The van der Waals surface area contributed by atoms with Gasteiger partial charge in [-0.05, 0) is 32.1 Å². The largest absolute Gasteiger partial charge is 0.433 e. The Morgan fingerprint density at radius 2 is 1.95 bits per heavy atom. The van der Waals surface area contributed by atoms with E-state index in [0.717, 1.165) is 57.8 Å². The zero-order chi connectivity index (χ0) is 16.0. The number of carbonyl (C=O) groups is 2. The lowest BCUT2D eigenvalue weighted by molar-refractivity contribution is -0.120. The lowest BCUT2D eigenvalue weighted by atomic mass is 10.1. The monoisotopic (exact) mass is 308 g/mol. The fourth-order valence-electron chi connectivity index (χ4n) is 2.32. The molecule has 2 N–H and O–H groups in total. The second kappa shape index (κ2) is 11.9. The number of carbonyl (C=O) groups excluding carboxylic acids is 2. The average molecular weight is 308 g/mol. The number of ether oxygens (including phenoxy) is 1. The number of hydrogen-bond acceptors (Lipinski definition) is 3. The van der Waals surface area contributed by atoms with Crippen molar-refractivity contribution in [3.63, 3.8) is 0 Å². The summed E-state index contributed by atoms with van der Waals surface area (Å²) in [5.41, 5.74) is 0. The molecule has 0 bridgehead atoms. The molecule has 0 saturated heterocycles. The number of nitrogens with one attached hydrogen (secondary N) is 2. The van der Waals surface area contributed by atoms with Gasteiger partial charge in [0.05, 0.1) is 0 Å². The Balaban J connectivity index is 2.02. The summed E-state index contributed by atoms with van der Waals surface area (Å²) in [6.07, 6.45) is 8.84. The van der Waals surface area contributed by atoms with Gasteiger partial charge in [-0.1, -0.05) is 31.1 Å². The summed E-state index contributed by atoms with van der Waals surface area (Å²) in [6, 6.07) is 0. The highest BCUT2D eigenvalue weighted by molar-refractivity contribution is 5.75.